The third-order valence-electron chi connectivity index (χ3n) is 5.78. The number of amides is 4. The van der Waals surface area contributed by atoms with Crippen molar-refractivity contribution in [3.63, 3.8) is 0 Å². The van der Waals surface area contributed by atoms with Crippen LogP contribution in [0.15, 0.2) is 24.3 Å². The zero-order valence-electron chi connectivity index (χ0n) is 17.4. The first kappa shape index (κ1) is 21.1. The average molecular weight is 401 g/mol. The van der Waals surface area contributed by atoms with Gasteiger partial charge in [-0.15, -0.1) is 0 Å². The standard InChI is InChI=1S/C22H32N4O3/c1-16-14-20(27)24-18-12-8-9-13-19(18)26(16)21(28)15-25(2)22(29)23-17-10-6-4-3-5-7-11-17/h8-9,12-13,16-17H,3-7,10-11,14-15H2,1-2H3,(H,23,29)(H,24,27). The van der Waals surface area contributed by atoms with Gasteiger partial charge < -0.3 is 20.4 Å². The molecule has 29 heavy (non-hydrogen) atoms. The molecule has 1 aromatic carbocycles. The number of carbonyl (C=O) groups is 3. The smallest absolute Gasteiger partial charge is 0.317 e. The van der Waals surface area contributed by atoms with Crippen LogP contribution in [0.1, 0.15) is 58.3 Å². The zero-order valence-corrected chi connectivity index (χ0v) is 17.4. The Kier molecular flexibility index (Phi) is 7.12. The van der Waals surface area contributed by atoms with Gasteiger partial charge in [-0.1, -0.05) is 44.2 Å². The Morgan fingerprint density at radius 3 is 2.52 bits per heavy atom. The summed E-state index contributed by atoms with van der Waals surface area (Å²) in [5.74, 6) is -0.313. The minimum absolute atomic E-state index is 0.0363. The quantitative estimate of drug-likeness (QED) is 0.815. The molecular formula is C22H32N4O3. The molecule has 1 aliphatic carbocycles. The molecule has 1 fully saturated rings. The maximum absolute atomic E-state index is 13.1. The number of nitrogens with one attached hydrogen (secondary N) is 2. The minimum atomic E-state index is -0.284. The van der Waals surface area contributed by atoms with Gasteiger partial charge in [0, 0.05) is 25.6 Å². The van der Waals surface area contributed by atoms with Crippen LogP contribution in [-0.2, 0) is 9.59 Å². The molecule has 7 heteroatoms. The summed E-state index contributed by atoms with van der Waals surface area (Å²) in [5.41, 5.74) is 1.29. The lowest BCUT2D eigenvalue weighted by molar-refractivity contribution is -0.119. The molecule has 0 saturated heterocycles. The number of rotatable bonds is 3. The van der Waals surface area contributed by atoms with Gasteiger partial charge in [-0.25, -0.2) is 4.79 Å². The van der Waals surface area contributed by atoms with E-state index in [9.17, 15) is 14.4 Å². The van der Waals surface area contributed by atoms with Gasteiger partial charge in [0.15, 0.2) is 0 Å². The Hall–Kier alpha value is -2.57. The summed E-state index contributed by atoms with van der Waals surface area (Å²) in [6.07, 6.45) is 8.21. The molecule has 0 radical (unpaired) electrons. The highest BCUT2D eigenvalue weighted by Crippen LogP contribution is 2.31. The van der Waals surface area contributed by atoms with Crippen LogP contribution in [0.2, 0.25) is 0 Å². The lowest BCUT2D eigenvalue weighted by atomic mass is 9.97. The van der Waals surface area contributed by atoms with Crippen molar-refractivity contribution >= 4 is 29.2 Å². The average Bonchev–Trinajstić information content (AvgIpc) is 2.77. The number of nitrogens with zero attached hydrogens (tertiary/aromatic N) is 2. The number of hydrogen-bond acceptors (Lipinski definition) is 3. The molecule has 0 bridgehead atoms. The Labute approximate surface area is 172 Å². The van der Waals surface area contributed by atoms with Crippen LogP contribution in [0.25, 0.3) is 0 Å². The van der Waals surface area contributed by atoms with Gasteiger partial charge in [0.05, 0.1) is 11.4 Å². The van der Waals surface area contributed by atoms with E-state index in [1.54, 1.807) is 18.0 Å². The fourth-order valence-electron chi connectivity index (χ4n) is 4.20. The highest BCUT2D eigenvalue weighted by atomic mass is 16.2. The van der Waals surface area contributed by atoms with E-state index < -0.39 is 0 Å². The lowest BCUT2D eigenvalue weighted by Crippen LogP contribution is -2.49. The van der Waals surface area contributed by atoms with Crippen LogP contribution in [0.3, 0.4) is 0 Å². The van der Waals surface area contributed by atoms with Crippen molar-refractivity contribution in [3.05, 3.63) is 24.3 Å². The van der Waals surface area contributed by atoms with Gasteiger partial charge >= 0.3 is 6.03 Å². The molecule has 2 N–H and O–H groups in total. The van der Waals surface area contributed by atoms with E-state index in [2.05, 4.69) is 10.6 Å². The third kappa shape index (κ3) is 5.49. The molecule has 1 unspecified atom stereocenters. The molecule has 1 aliphatic heterocycles. The van der Waals surface area contributed by atoms with E-state index in [1.807, 2.05) is 25.1 Å². The van der Waals surface area contributed by atoms with Crippen molar-refractivity contribution in [3.8, 4) is 0 Å². The summed E-state index contributed by atoms with van der Waals surface area (Å²) in [6, 6.07) is 6.96. The first-order chi connectivity index (χ1) is 14.0. The van der Waals surface area contributed by atoms with Gasteiger partial charge in [-0.05, 0) is 31.9 Å². The van der Waals surface area contributed by atoms with Gasteiger partial charge in [0.1, 0.15) is 6.54 Å². The van der Waals surface area contributed by atoms with Crippen molar-refractivity contribution < 1.29 is 14.4 Å². The number of likely N-dealkylation sites (N-methyl/N-ethyl adjacent to an activating group) is 1. The molecule has 1 heterocycles. The van der Waals surface area contributed by atoms with Crippen molar-refractivity contribution in [2.24, 2.45) is 0 Å². The van der Waals surface area contributed by atoms with Crippen LogP contribution < -0.4 is 15.5 Å². The topological polar surface area (TPSA) is 81.8 Å². The number of anilines is 2. The van der Waals surface area contributed by atoms with Crippen LogP contribution in [0.5, 0.6) is 0 Å². The fourth-order valence-corrected chi connectivity index (χ4v) is 4.20. The van der Waals surface area contributed by atoms with E-state index in [0.717, 1.165) is 25.7 Å². The number of hydrogen-bond donors (Lipinski definition) is 2. The second-order valence-corrected chi connectivity index (χ2v) is 8.23. The van der Waals surface area contributed by atoms with Crippen LogP contribution in [-0.4, -0.2) is 48.4 Å². The lowest BCUT2D eigenvalue weighted by Gasteiger charge is -2.30. The first-order valence-corrected chi connectivity index (χ1v) is 10.7. The van der Waals surface area contributed by atoms with Gasteiger partial charge in [-0.3, -0.25) is 9.59 Å². The Morgan fingerprint density at radius 1 is 1.14 bits per heavy atom. The molecule has 0 spiro atoms. The minimum Gasteiger partial charge on any atom is -0.335 e. The molecule has 1 aromatic rings. The van der Waals surface area contributed by atoms with E-state index in [-0.39, 0.29) is 42.9 Å². The Balaban J connectivity index is 1.65. The molecule has 1 atom stereocenters. The number of carbonyl (C=O) groups excluding carboxylic acids is 3. The van der Waals surface area contributed by atoms with Crippen LogP contribution in [0.4, 0.5) is 16.2 Å². The predicted molar refractivity (Wildman–Crippen MR) is 114 cm³/mol. The molecule has 2 aliphatic rings. The van der Waals surface area contributed by atoms with Crippen molar-refractivity contribution in [1.82, 2.24) is 10.2 Å². The Bertz CT molecular complexity index is 743. The summed E-state index contributed by atoms with van der Waals surface area (Å²) in [5, 5.41) is 5.95. The summed E-state index contributed by atoms with van der Waals surface area (Å²) < 4.78 is 0. The molecule has 4 amide bonds. The maximum Gasteiger partial charge on any atom is 0.317 e. The summed E-state index contributed by atoms with van der Waals surface area (Å²) in [6.45, 7) is 1.82. The van der Waals surface area contributed by atoms with Gasteiger partial charge in [0.25, 0.3) is 0 Å². The predicted octanol–water partition coefficient (Wildman–Crippen LogP) is 3.50. The second-order valence-electron chi connectivity index (χ2n) is 8.23. The number of urea groups is 1. The molecule has 1 saturated carbocycles. The van der Waals surface area contributed by atoms with Gasteiger partial charge in [0.2, 0.25) is 11.8 Å². The SMILES string of the molecule is CC1CC(=O)Nc2ccccc2N1C(=O)CN(C)C(=O)NC1CCCCCCC1. The monoisotopic (exact) mass is 400 g/mol. The first-order valence-electron chi connectivity index (χ1n) is 10.7. The van der Waals surface area contributed by atoms with E-state index in [0.29, 0.717) is 11.4 Å². The molecule has 0 aromatic heterocycles. The summed E-state index contributed by atoms with van der Waals surface area (Å²) in [7, 11) is 1.65. The molecule has 3 rings (SSSR count). The summed E-state index contributed by atoms with van der Waals surface area (Å²) in [4.78, 5) is 40.9. The highest BCUT2D eigenvalue weighted by Gasteiger charge is 2.30. The molecule has 158 valence electrons. The van der Waals surface area contributed by atoms with E-state index in [1.165, 1.54) is 24.2 Å². The Morgan fingerprint density at radius 2 is 1.79 bits per heavy atom. The maximum atomic E-state index is 13.1. The van der Waals surface area contributed by atoms with Crippen molar-refractivity contribution in [1.29, 1.82) is 0 Å². The van der Waals surface area contributed by atoms with Crippen LogP contribution >= 0.6 is 0 Å². The van der Waals surface area contributed by atoms with Crippen molar-refractivity contribution in [2.75, 3.05) is 23.8 Å². The molecule has 7 nitrogen and oxygen atoms in total. The highest BCUT2D eigenvalue weighted by molar-refractivity contribution is 6.05. The second kappa shape index (κ2) is 9.76. The number of para-hydroxylation sites is 2. The zero-order chi connectivity index (χ0) is 20.8. The fraction of sp³-hybridized carbons (Fsp3) is 0.591. The van der Waals surface area contributed by atoms with E-state index in [4.69, 9.17) is 0 Å². The largest absolute Gasteiger partial charge is 0.335 e. The normalized spacial score (nSPS) is 20.6. The summed E-state index contributed by atoms with van der Waals surface area (Å²) >= 11 is 0. The van der Waals surface area contributed by atoms with Crippen molar-refractivity contribution in [2.45, 2.75) is 70.4 Å². The number of fused-ring (bicyclic) bond motifs is 1. The molecular weight excluding hydrogens is 368 g/mol. The van der Waals surface area contributed by atoms with E-state index >= 15 is 0 Å². The van der Waals surface area contributed by atoms with Crippen LogP contribution in [0, 0.1) is 0 Å². The number of benzene rings is 1. The van der Waals surface area contributed by atoms with Gasteiger partial charge in [-0.2, -0.15) is 0 Å². The third-order valence-corrected chi connectivity index (χ3v) is 5.78.